The van der Waals surface area contributed by atoms with Crippen LogP contribution in [0.4, 0.5) is 0 Å². The van der Waals surface area contributed by atoms with E-state index in [0.29, 0.717) is 0 Å². The van der Waals surface area contributed by atoms with Crippen LogP contribution in [0.1, 0.15) is 35.2 Å². The van der Waals surface area contributed by atoms with Gasteiger partial charge >= 0.3 is 0 Å². The topological polar surface area (TPSA) is 21.3 Å². The Morgan fingerprint density at radius 1 is 1.10 bits per heavy atom. The Morgan fingerprint density at radius 3 is 2.48 bits per heavy atom. The summed E-state index contributed by atoms with van der Waals surface area (Å²) >= 11 is 6.08. The fraction of sp³-hybridized carbons (Fsp3) is 0.333. The second-order valence-electron chi connectivity index (χ2n) is 5.24. The lowest BCUT2D eigenvalue weighted by atomic mass is 9.93. The van der Waals surface area contributed by atoms with Gasteiger partial charge in [0.05, 0.1) is 13.2 Å². The summed E-state index contributed by atoms with van der Waals surface area (Å²) in [5.74, 6) is 0.904. The van der Waals surface area contributed by atoms with E-state index in [1.165, 1.54) is 16.7 Å². The predicted octanol–water partition coefficient (Wildman–Crippen LogP) is 4.66. The fourth-order valence-electron chi connectivity index (χ4n) is 2.63. The SMILES string of the molecule is CCNC(c1ccc(Cl)cc1C)c1cc(C)ccc1OC. The highest BCUT2D eigenvalue weighted by atomic mass is 35.5. The van der Waals surface area contributed by atoms with Gasteiger partial charge in [0.15, 0.2) is 0 Å². The van der Waals surface area contributed by atoms with Gasteiger partial charge in [-0.25, -0.2) is 0 Å². The third kappa shape index (κ3) is 3.58. The van der Waals surface area contributed by atoms with Crippen molar-refractivity contribution in [3.8, 4) is 5.75 Å². The van der Waals surface area contributed by atoms with Crippen molar-refractivity contribution in [2.75, 3.05) is 13.7 Å². The van der Waals surface area contributed by atoms with Crippen LogP contribution < -0.4 is 10.1 Å². The number of benzene rings is 2. The molecule has 0 aromatic heterocycles. The standard InChI is InChI=1S/C18H22ClNO/c1-5-20-18(15-8-7-14(19)11-13(15)3)16-10-12(2)6-9-17(16)21-4/h6-11,18,20H,5H2,1-4H3. The van der Waals surface area contributed by atoms with E-state index in [2.05, 4.69) is 44.3 Å². The zero-order valence-electron chi connectivity index (χ0n) is 13.0. The molecule has 2 aromatic rings. The van der Waals surface area contributed by atoms with Crippen LogP contribution in [0.15, 0.2) is 36.4 Å². The molecule has 0 spiro atoms. The van der Waals surface area contributed by atoms with Crippen LogP contribution in [-0.4, -0.2) is 13.7 Å². The van der Waals surface area contributed by atoms with E-state index in [1.54, 1.807) is 7.11 Å². The minimum atomic E-state index is 0.0992. The molecule has 0 amide bonds. The summed E-state index contributed by atoms with van der Waals surface area (Å²) in [6.45, 7) is 7.18. The molecule has 0 saturated heterocycles. The summed E-state index contributed by atoms with van der Waals surface area (Å²) in [5, 5.41) is 4.32. The van der Waals surface area contributed by atoms with Gasteiger partial charge in [-0.3, -0.25) is 0 Å². The quantitative estimate of drug-likeness (QED) is 0.867. The van der Waals surface area contributed by atoms with Crippen molar-refractivity contribution < 1.29 is 4.74 Å². The molecule has 0 aliphatic heterocycles. The molecule has 0 bridgehead atoms. The van der Waals surface area contributed by atoms with Gasteiger partial charge in [-0.05, 0) is 49.7 Å². The molecule has 1 atom stereocenters. The van der Waals surface area contributed by atoms with E-state index < -0.39 is 0 Å². The molecule has 1 N–H and O–H groups in total. The number of aryl methyl sites for hydroxylation is 2. The Bertz CT molecular complexity index is 625. The Balaban J connectivity index is 2.55. The normalized spacial score (nSPS) is 12.2. The smallest absolute Gasteiger partial charge is 0.123 e. The van der Waals surface area contributed by atoms with Crippen molar-refractivity contribution in [3.63, 3.8) is 0 Å². The molecule has 0 fully saturated rings. The number of ether oxygens (including phenoxy) is 1. The summed E-state index contributed by atoms with van der Waals surface area (Å²) in [4.78, 5) is 0. The van der Waals surface area contributed by atoms with Crippen LogP contribution >= 0.6 is 11.6 Å². The summed E-state index contributed by atoms with van der Waals surface area (Å²) in [5.41, 5.74) is 4.78. The Kier molecular flexibility index (Phi) is 5.27. The van der Waals surface area contributed by atoms with Crippen LogP contribution in [0, 0.1) is 13.8 Å². The third-order valence-corrected chi connectivity index (χ3v) is 3.88. The zero-order valence-corrected chi connectivity index (χ0v) is 13.8. The molecule has 21 heavy (non-hydrogen) atoms. The van der Waals surface area contributed by atoms with Crippen LogP contribution in [0.3, 0.4) is 0 Å². The van der Waals surface area contributed by atoms with Crippen molar-refractivity contribution >= 4 is 11.6 Å². The lowest BCUT2D eigenvalue weighted by Crippen LogP contribution is -2.23. The minimum Gasteiger partial charge on any atom is -0.496 e. The highest BCUT2D eigenvalue weighted by molar-refractivity contribution is 6.30. The Labute approximate surface area is 132 Å². The lowest BCUT2D eigenvalue weighted by molar-refractivity contribution is 0.404. The molecule has 2 nitrogen and oxygen atoms in total. The third-order valence-electron chi connectivity index (χ3n) is 3.65. The van der Waals surface area contributed by atoms with Gasteiger partial charge < -0.3 is 10.1 Å². The van der Waals surface area contributed by atoms with Gasteiger partial charge in [0.25, 0.3) is 0 Å². The van der Waals surface area contributed by atoms with Crippen molar-refractivity contribution in [1.82, 2.24) is 5.32 Å². The molecule has 1 unspecified atom stereocenters. The number of hydrogen-bond acceptors (Lipinski definition) is 2. The second kappa shape index (κ2) is 6.97. The van der Waals surface area contributed by atoms with Gasteiger partial charge in [-0.1, -0.05) is 42.3 Å². The van der Waals surface area contributed by atoms with Gasteiger partial charge in [-0.2, -0.15) is 0 Å². The monoisotopic (exact) mass is 303 g/mol. The first-order valence-corrected chi connectivity index (χ1v) is 7.58. The average molecular weight is 304 g/mol. The van der Waals surface area contributed by atoms with E-state index in [9.17, 15) is 0 Å². The van der Waals surface area contributed by atoms with Gasteiger partial charge in [0.2, 0.25) is 0 Å². The van der Waals surface area contributed by atoms with E-state index in [0.717, 1.165) is 22.9 Å². The van der Waals surface area contributed by atoms with Crippen molar-refractivity contribution in [1.29, 1.82) is 0 Å². The number of rotatable bonds is 5. The maximum absolute atomic E-state index is 6.08. The summed E-state index contributed by atoms with van der Waals surface area (Å²) < 4.78 is 5.55. The molecule has 0 aliphatic rings. The van der Waals surface area contributed by atoms with Crippen LogP contribution in [-0.2, 0) is 0 Å². The summed E-state index contributed by atoms with van der Waals surface area (Å²) in [6, 6.07) is 12.4. The van der Waals surface area contributed by atoms with Crippen LogP contribution in [0.25, 0.3) is 0 Å². The lowest BCUT2D eigenvalue weighted by Gasteiger charge is -2.23. The largest absolute Gasteiger partial charge is 0.496 e. The van der Waals surface area contributed by atoms with E-state index in [4.69, 9.17) is 16.3 Å². The van der Waals surface area contributed by atoms with Crippen molar-refractivity contribution in [2.24, 2.45) is 0 Å². The first-order chi connectivity index (χ1) is 10.1. The molecule has 0 aliphatic carbocycles. The van der Waals surface area contributed by atoms with Gasteiger partial charge in [0, 0.05) is 10.6 Å². The molecule has 2 aromatic carbocycles. The molecule has 3 heteroatoms. The number of methoxy groups -OCH3 is 1. The molecule has 0 radical (unpaired) electrons. The molecule has 0 saturated carbocycles. The number of nitrogens with one attached hydrogen (secondary N) is 1. The highest BCUT2D eigenvalue weighted by Gasteiger charge is 2.19. The van der Waals surface area contributed by atoms with E-state index >= 15 is 0 Å². The molecule has 2 rings (SSSR count). The second-order valence-corrected chi connectivity index (χ2v) is 5.67. The Morgan fingerprint density at radius 2 is 1.86 bits per heavy atom. The van der Waals surface area contributed by atoms with Crippen LogP contribution in [0.5, 0.6) is 5.75 Å². The molecule has 0 heterocycles. The number of halogens is 1. The predicted molar refractivity (Wildman–Crippen MR) is 89.4 cm³/mol. The first kappa shape index (κ1) is 15.9. The van der Waals surface area contributed by atoms with Crippen molar-refractivity contribution in [3.05, 3.63) is 63.7 Å². The van der Waals surface area contributed by atoms with Crippen molar-refractivity contribution in [2.45, 2.75) is 26.8 Å². The van der Waals surface area contributed by atoms with E-state index in [-0.39, 0.29) is 6.04 Å². The molecule has 112 valence electrons. The average Bonchev–Trinajstić information content (AvgIpc) is 2.45. The number of hydrogen-bond donors (Lipinski definition) is 1. The van der Waals surface area contributed by atoms with Gasteiger partial charge in [0.1, 0.15) is 5.75 Å². The Hall–Kier alpha value is -1.51. The fourth-order valence-corrected chi connectivity index (χ4v) is 2.86. The molecular weight excluding hydrogens is 282 g/mol. The van der Waals surface area contributed by atoms with Crippen LogP contribution in [0.2, 0.25) is 5.02 Å². The van der Waals surface area contributed by atoms with E-state index in [1.807, 2.05) is 18.2 Å². The van der Waals surface area contributed by atoms with Gasteiger partial charge in [-0.15, -0.1) is 0 Å². The highest BCUT2D eigenvalue weighted by Crippen LogP contribution is 2.33. The first-order valence-electron chi connectivity index (χ1n) is 7.20. The maximum atomic E-state index is 6.08. The minimum absolute atomic E-state index is 0.0992. The zero-order chi connectivity index (χ0) is 15.4. The molecular formula is C18H22ClNO. The summed E-state index contributed by atoms with van der Waals surface area (Å²) in [6.07, 6.45) is 0. The maximum Gasteiger partial charge on any atom is 0.123 e. The summed E-state index contributed by atoms with van der Waals surface area (Å²) in [7, 11) is 1.71.